The Morgan fingerprint density at radius 3 is 3.00 bits per heavy atom. The zero-order chi connectivity index (χ0) is 8.81. The van der Waals surface area contributed by atoms with Gasteiger partial charge in [-0.05, 0) is 6.42 Å². The van der Waals surface area contributed by atoms with Gasteiger partial charge in [-0.15, -0.1) is 0 Å². The molecule has 0 saturated carbocycles. The molecular weight excluding hydrogens is 152 g/mol. The molecule has 0 aliphatic carbocycles. The third-order valence-corrected chi connectivity index (χ3v) is 1.73. The van der Waals surface area contributed by atoms with Crippen molar-refractivity contribution in [1.29, 1.82) is 0 Å². The van der Waals surface area contributed by atoms with Crippen molar-refractivity contribution in [3.05, 3.63) is 18.7 Å². The molecule has 1 aromatic heterocycles. The number of imidazole rings is 1. The summed E-state index contributed by atoms with van der Waals surface area (Å²) in [5, 5.41) is 0. The minimum atomic E-state index is 0.287. The van der Waals surface area contributed by atoms with Crippen LogP contribution in [0.1, 0.15) is 26.2 Å². The van der Waals surface area contributed by atoms with Gasteiger partial charge in [0.15, 0.2) is 5.78 Å². The van der Waals surface area contributed by atoms with Crippen LogP contribution in [0.4, 0.5) is 0 Å². The summed E-state index contributed by atoms with van der Waals surface area (Å²) in [4.78, 5) is 15.1. The monoisotopic (exact) mass is 166 g/mol. The van der Waals surface area contributed by atoms with Crippen LogP contribution in [0.5, 0.6) is 0 Å². The molecule has 1 heterocycles. The van der Waals surface area contributed by atoms with E-state index in [0.717, 1.165) is 12.8 Å². The molecule has 0 aliphatic rings. The van der Waals surface area contributed by atoms with Gasteiger partial charge in [0.1, 0.15) is 0 Å². The summed E-state index contributed by atoms with van der Waals surface area (Å²) in [5.41, 5.74) is 0. The predicted octanol–water partition coefficient (Wildman–Crippen LogP) is 1.64. The lowest BCUT2D eigenvalue weighted by atomic mass is 10.2. The van der Waals surface area contributed by atoms with E-state index in [4.69, 9.17) is 0 Å². The molecule has 12 heavy (non-hydrogen) atoms. The highest BCUT2D eigenvalue weighted by Gasteiger charge is 2.00. The maximum absolute atomic E-state index is 11.2. The topological polar surface area (TPSA) is 34.9 Å². The number of aromatic nitrogens is 2. The van der Waals surface area contributed by atoms with E-state index in [0.29, 0.717) is 13.0 Å². The van der Waals surface area contributed by atoms with E-state index >= 15 is 0 Å². The fourth-order valence-electron chi connectivity index (χ4n) is 1.04. The molecule has 0 radical (unpaired) electrons. The summed E-state index contributed by atoms with van der Waals surface area (Å²) < 4.78 is 1.80. The van der Waals surface area contributed by atoms with Crippen molar-refractivity contribution in [1.82, 2.24) is 9.55 Å². The van der Waals surface area contributed by atoms with Crippen LogP contribution in [0.2, 0.25) is 0 Å². The number of ketones is 1. The van der Waals surface area contributed by atoms with Crippen molar-refractivity contribution in [3.63, 3.8) is 0 Å². The molecule has 0 atom stereocenters. The summed E-state index contributed by atoms with van der Waals surface area (Å²) in [6.45, 7) is 2.56. The first kappa shape index (κ1) is 8.97. The largest absolute Gasteiger partial charge is 0.330 e. The number of Topliss-reactive ketones (excluding diaryl/α,β-unsaturated/α-hetero) is 1. The predicted molar refractivity (Wildman–Crippen MR) is 46.8 cm³/mol. The number of nitrogens with zero attached hydrogens (tertiary/aromatic N) is 2. The SMILES string of the molecule is CCCCC(=O)Cn1ccnc1. The van der Waals surface area contributed by atoms with Crippen LogP contribution >= 0.6 is 0 Å². The fraction of sp³-hybridized carbons (Fsp3) is 0.556. The maximum Gasteiger partial charge on any atom is 0.152 e. The molecule has 0 aromatic carbocycles. The molecule has 0 N–H and O–H groups in total. The minimum absolute atomic E-state index is 0.287. The van der Waals surface area contributed by atoms with Crippen molar-refractivity contribution in [2.24, 2.45) is 0 Å². The van der Waals surface area contributed by atoms with Crippen LogP contribution in [-0.2, 0) is 11.3 Å². The Kier molecular flexibility index (Phi) is 3.51. The van der Waals surface area contributed by atoms with Crippen LogP contribution in [0.25, 0.3) is 0 Å². The van der Waals surface area contributed by atoms with Crippen LogP contribution in [-0.4, -0.2) is 15.3 Å². The summed E-state index contributed by atoms with van der Waals surface area (Å²) in [6, 6.07) is 0. The molecule has 1 aromatic rings. The lowest BCUT2D eigenvalue weighted by Crippen LogP contribution is -2.07. The van der Waals surface area contributed by atoms with Crippen molar-refractivity contribution in [2.45, 2.75) is 32.7 Å². The zero-order valence-corrected chi connectivity index (χ0v) is 7.36. The molecule has 0 bridgehead atoms. The number of hydrogen-bond acceptors (Lipinski definition) is 2. The molecule has 0 saturated heterocycles. The third kappa shape index (κ3) is 2.86. The summed E-state index contributed by atoms with van der Waals surface area (Å²) >= 11 is 0. The molecule has 0 unspecified atom stereocenters. The fourth-order valence-corrected chi connectivity index (χ4v) is 1.04. The van der Waals surface area contributed by atoms with Crippen LogP contribution in [0, 0.1) is 0 Å². The van der Waals surface area contributed by atoms with E-state index in [2.05, 4.69) is 11.9 Å². The van der Waals surface area contributed by atoms with Crippen LogP contribution in [0.15, 0.2) is 18.7 Å². The maximum atomic E-state index is 11.2. The smallest absolute Gasteiger partial charge is 0.152 e. The molecule has 3 nitrogen and oxygen atoms in total. The van der Waals surface area contributed by atoms with Crippen molar-refractivity contribution in [3.8, 4) is 0 Å². The van der Waals surface area contributed by atoms with E-state index < -0.39 is 0 Å². The molecule has 0 amide bonds. The summed E-state index contributed by atoms with van der Waals surface area (Å²) in [7, 11) is 0. The number of hydrogen-bond donors (Lipinski definition) is 0. The first-order chi connectivity index (χ1) is 5.83. The van der Waals surface area contributed by atoms with Gasteiger partial charge in [0.05, 0.1) is 12.9 Å². The lowest BCUT2D eigenvalue weighted by molar-refractivity contribution is -0.119. The van der Waals surface area contributed by atoms with E-state index in [-0.39, 0.29) is 5.78 Å². The number of carbonyl (C=O) groups excluding carboxylic acids is 1. The second kappa shape index (κ2) is 4.70. The molecular formula is C9H14N2O. The highest BCUT2D eigenvalue weighted by Crippen LogP contribution is 1.97. The molecule has 0 spiro atoms. The summed E-state index contributed by atoms with van der Waals surface area (Å²) in [5.74, 6) is 0.287. The Hall–Kier alpha value is -1.12. The van der Waals surface area contributed by atoms with Crippen molar-refractivity contribution < 1.29 is 4.79 Å². The quantitative estimate of drug-likeness (QED) is 0.666. The number of rotatable bonds is 5. The van der Waals surface area contributed by atoms with Gasteiger partial charge < -0.3 is 4.57 Å². The van der Waals surface area contributed by atoms with Crippen LogP contribution < -0.4 is 0 Å². The zero-order valence-electron chi connectivity index (χ0n) is 7.36. The molecule has 0 aliphatic heterocycles. The van der Waals surface area contributed by atoms with E-state index in [1.54, 1.807) is 17.1 Å². The highest BCUT2D eigenvalue weighted by atomic mass is 16.1. The Bertz CT molecular complexity index is 229. The van der Waals surface area contributed by atoms with E-state index in [1.807, 2.05) is 6.20 Å². The van der Waals surface area contributed by atoms with Gasteiger partial charge in [-0.1, -0.05) is 13.3 Å². The Morgan fingerprint density at radius 2 is 2.42 bits per heavy atom. The molecule has 1 rings (SSSR count). The molecule has 3 heteroatoms. The lowest BCUT2D eigenvalue weighted by Gasteiger charge is -1.99. The average molecular weight is 166 g/mol. The van der Waals surface area contributed by atoms with E-state index in [9.17, 15) is 4.79 Å². The first-order valence-corrected chi connectivity index (χ1v) is 4.30. The second-order valence-corrected chi connectivity index (χ2v) is 2.88. The van der Waals surface area contributed by atoms with Crippen LogP contribution in [0.3, 0.4) is 0 Å². The van der Waals surface area contributed by atoms with Crippen molar-refractivity contribution >= 4 is 5.78 Å². The Balaban J connectivity index is 2.27. The molecule has 66 valence electrons. The Labute approximate surface area is 72.4 Å². The minimum Gasteiger partial charge on any atom is -0.330 e. The van der Waals surface area contributed by atoms with Gasteiger partial charge in [-0.3, -0.25) is 4.79 Å². The third-order valence-electron chi connectivity index (χ3n) is 1.73. The number of carbonyl (C=O) groups is 1. The number of unbranched alkanes of at least 4 members (excludes halogenated alkanes) is 1. The average Bonchev–Trinajstić information content (AvgIpc) is 2.53. The standard InChI is InChI=1S/C9H14N2O/c1-2-3-4-9(12)7-11-6-5-10-8-11/h5-6,8H,2-4,7H2,1H3. The van der Waals surface area contributed by atoms with Gasteiger partial charge in [0.25, 0.3) is 0 Å². The van der Waals surface area contributed by atoms with Gasteiger partial charge in [0.2, 0.25) is 0 Å². The van der Waals surface area contributed by atoms with Gasteiger partial charge in [-0.25, -0.2) is 4.98 Å². The van der Waals surface area contributed by atoms with Gasteiger partial charge in [-0.2, -0.15) is 0 Å². The van der Waals surface area contributed by atoms with Crippen molar-refractivity contribution in [2.75, 3.05) is 0 Å². The highest BCUT2D eigenvalue weighted by molar-refractivity contribution is 5.78. The van der Waals surface area contributed by atoms with Gasteiger partial charge in [0, 0.05) is 18.8 Å². The molecule has 0 fully saturated rings. The normalized spacial score (nSPS) is 10.1. The summed E-state index contributed by atoms with van der Waals surface area (Å²) in [6.07, 6.45) is 7.93. The second-order valence-electron chi connectivity index (χ2n) is 2.88. The van der Waals surface area contributed by atoms with E-state index in [1.165, 1.54) is 0 Å². The van der Waals surface area contributed by atoms with Gasteiger partial charge >= 0.3 is 0 Å². The Morgan fingerprint density at radius 1 is 1.58 bits per heavy atom. The first-order valence-electron chi connectivity index (χ1n) is 4.30.